The largest absolute Gasteiger partial charge is 0.493 e. The number of urea groups is 1. The van der Waals surface area contributed by atoms with Gasteiger partial charge in [-0.25, -0.2) is 9.59 Å². The van der Waals surface area contributed by atoms with Crippen LogP contribution in [0.2, 0.25) is 0 Å². The van der Waals surface area contributed by atoms with E-state index < -0.39 is 29.6 Å². The van der Waals surface area contributed by atoms with Crippen LogP contribution in [0.15, 0.2) is 28.8 Å². The molecule has 2 aromatic heterocycles. The summed E-state index contributed by atoms with van der Waals surface area (Å²) in [5, 5.41) is 13.1. The van der Waals surface area contributed by atoms with Crippen molar-refractivity contribution in [2.24, 2.45) is 0 Å². The molecule has 0 saturated carbocycles. The predicted molar refractivity (Wildman–Crippen MR) is 148 cm³/mol. The first-order valence-electron chi connectivity index (χ1n) is 13.4. The van der Waals surface area contributed by atoms with Gasteiger partial charge in [-0.1, -0.05) is 10.0 Å². The van der Waals surface area contributed by atoms with E-state index >= 15 is 0 Å². The third-order valence-electron chi connectivity index (χ3n) is 7.67. The highest BCUT2D eigenvalue weighted by Gasteiger charge is 2.49. The van der Waals surface area contributed by atoms with E-state index in [0.29, 0.717) is 22.0 Å². The lowest BCUT2D eigenvalue weighted by molar-refractivity contribution is -0.202. The minimum atomic E-state index is -5.31. The van der Waals surface area contributed by atoms with Crippen molar-refractivity contribution in [1.82, 2.24) is 24.9 Å². The molecule has 1 fully saturated rings. The Morgan fingerprint density at radius 2 is 1.67 bits per heavy atom. The maximum atomic E-state index is 13.4. The number of carbonyl (C=O) groups is 3. The Morgan fingerprint density at radius 1 is 1.02 bits per heavy atom. The topological polar surface area (TPSA) is 138 Å². The molecule has 0 unspecified atom stereocenters. The first-order valence-corrected chi connectivity index (χ1v) is 13.4. The van der Waals surface area contributed by atoms with Crippen molar-refractivity contribution in [1.29, 1.82) is 0 Å². The number of rotatable bonds is 5. The number of fused-ring (bicyclic) bond motifs is 1. The van der Waals surface area contributed by atoms with Gasteiger partial charge >= 0.3 is 18.2 Å². The van der Waals surface area contributed by atoms with E-state index in [9.17, 15) is 27.6 Å². The minimum absolute atomic E-state index is 0.0141. The van der Waals surface area contributed by atoms with Crippen LogP contribution in [0.5, 0.6) is 0 Å². The van der Waals surface area contributed by atoms with Gasteiger partial charge in [0.05, 0.1) is 12.1 Å². The maximum absolute atomic E-state index is 13.4. The SMILES string of the molecule is Cc1noc(C)c1NC(=O)N1Cc2c(NC(=O)c3ccc(N4CCN(C)CC4)cc3)nn(OC(=O)C(F)(F)F)c2C1(C)C. The minimum Gasteiger partial charge on any atom is -0.369 e. The summed E-state index contributed by atoms with van der Waals surface area (Å²) in [6.07, 6.45) is -5.31. The number of nitrogens with one attached hydrogen (secondary N) is 2. The number of halogens is 3. The third-order valence-corrected chi connectivity index (χ3v) is 7.67. The van der Waals surface area contributed by atoms with Gasteiger partial charge in [0.25, 0.3) is 5.91 Å². The van der Waals surface area contributed by atoms with Crippen molar-refractivity contribution in [3.63, 3.8) is 0 Å². The van der Waals surface area contributed by atoms with Gasteiger partial charge in [-0.05, 0) is 59.0 Å². The molecule has 0 bridgehead atoms. The molecule has 4 heterocycles. The number of hydrogen-bond acceptors (Lipinski definition) is 9. The van der Waals surface area contributed by atoms with Gasteiger partial charge in [-0.3, -0.25) is 4.79 Å². The highest BCUT2D eigenvalue weighted by Crippen LogP contribution is 2.42. The Kier molecular flexibility index (Phi) is 7.58. The second-order valence-electron chi connectivity index (χ2n) is 11.0. The molecule has 13 nitrogen and oxygen atoms in total. The number of carbonyl (C=O) groups excluding carboxylic acids is 3. The molecular formula is C27H31F3N8O5. The van der Waals surface area contributed by atoms with Crippen LogP contribution in [-0.4, -0.2) is 82.2 Å². The fourth-order valence-corrected chi connectivity index (χ4v) is 5.19. The second-order valence-corrected chi connectivity index (χ2v) is 11.0. The lowest BCUT2D eigenvalue weighted by Gasteiger charge is -2.34. The van der Waals surface area contributed by atoms with Crippen LogP contribution in [0, 0.1) is 13.8 Å². The van der Waals surface area contributed by atoms with Crippen LogP contribution in [0.4, 0.5) is 35.2 Å². The number of likely N-dealkylation sites (N-methyl/N-ethyl adjacent to an activating group) is 1. The van der Waals surface area contributed by atoms with E-state index in [1.165, 1.54) is 4.90 Å². The van der Waals surface area contributed by atoms with Crippen molar-refractivity contribution in [3.05, 3.63) is 52.5 Å². The normalized spacial score (nSPS) is 16.7. The Labute approximate surface area is 244 Å². The van der Waals surface area contributed by atoms with Crippen molar-refractivity contribution >= 4 is 35.1 Å². The molecule has 1 saturated heterocycles. The highest BCUT2D eigenvalue weighted by atomic mass is 19.4. The highest BCUT2D eigenvalue weighted by molar-refractivity contribution is 6.04. The Balaban J connectivity index is 1.42. The maximum Gasteiger partial charge on any atom is 0.493 e. The molecule has 0 spiro atoms. The van der Waals surface area contributed by atoms with Crippen molar-refractivity contribution < 1.29 is 36.9 Å². The van der Waals surface area contributed by atoms with Crippen LogP contribution in [0.25, 0.3) is 0 Å². The Bertz CT molecular complexity index is 1540. The number of amides is 3. The third kappa shape index (κ3) is 5.74. The zero-order valence-corrected chi connectivity index (χ0v) is 24.2. The molecule has 2 aliphatic heterocycles. The van der Waals surface area contributed by atoms with Gasteiger partial charge in [0.15, 0.2) is 11.6 Å². The van der Waals surface area contributed by atoms with E-state index in [1.807, 2.05) is 12.1 Å². The number of nitrogens with zero attached hydrogens (tertiary/aromatic N) is 6. The summed E-state index contributed by atoms with van der Waals surface area (Å²) in [5.41, 5.74) is 0.864. The summed E-state index contributed by atoms with van der Waals surface area (Å²) in [6, 6.07) is 6.28. The predicted octanol–water partition coefficient (Wildman–Crippen LogP) is 3.29. The summed E-state index contributed by atoms with van der Waals surface area (Å²) in [4.78, 5) is 49.1. The molecule has 230 valence electrons. The van der Waals surface area contributed by atoms with Crippen LogP contribution in [0.3, 0.4) is 0 Å². The molecule has 16 heteroatoms. The molecule has 0 aliphatic carbocycles. The van der Waals surface area contributed by atoms with Crippen LogP contribution in [0.1, 0.15) is 46.9 Å². The van der Waals surface area contributed by atoms with Crippen molar-refractivity contribution in [2.45, 2.75) is 46.0 Å². The molecule has 43 heavy (non-hydrogen) atoms. The Hall–Kier alpha value is -4.60. The summed E-state index contributed by atoms with van der Waals surface area (Å²) in [7, 11) is 2.05. The average Bonchev–Trinajstić information content (AvgIpc) is 3.55. The van der Waals surface area contributed by atoms with Gasteiger partial charge in [-0.2, -0.15) is 13.2 Å². The molecule has 3 amide bonds. The lowest BCUT2D eigenvalue weighted by Crippen LogP contribution is -2.45. The monoisotopic (exact) mass is 604 g/mol. The molecular weight excluding hydrogens is 573 g/mol. The second kappa shape index (κ2) is 10.9. The van der Waals surface area contributed by atoms with E-state index in [-0.39, 0.29) is 29.2 Å². The number of hydrogen-bond donors (Lipinski definition) is 2. The zero-order chi connectivity index (χ0) is 31.3. The van der Waals surface area contributed by atoms with Crippen molar-refractivity contribution in [3.8, 4) is 0 Å². The Morgan fingerprint density at radius 3 is 2.26 bits per heavy atom. The summed E-state index contributed by atoms with van der Waals surface area (Å²) >= 11 is 0. The molecule has 3 aromatic rings. The van der Waals surface area contributed by atoms with Crippen molar-refractivity contribution in [2.75, 3.05) is 48.8 Å². The van der Waals surface area contributed by atoms with Gasteiger partial charge < -0.3 is 34.7 Å². The van der Waals surface area contributed by atoms with Gasteiger partial charge in [0.1, 0.15) is 17.1 Å². The first-order chi connectivity index (χ1) is 20.2. The van der Waals surface area contributed by atoms with E-state index in [1.54, 1.807) is 39.8 Å². The fraction of sp³-hybridized carbons (Fsp3) is 0.444. The average molecular weight is 605 g/mol. The fourth-order valence-electron chi connectivity index (χ4n) is 5.19. The molecule has 5 rings (SSSR count). The molecule has 1 aromatic carbocycles. The zero-order valence-electron chi connectivity index (χ0n) is 24.2. The summed E-state index contributed by atoms with van der Waals surface area (Å²) < 4.78 is 44.4. The van der Waals surface area contributed by atoms with Crippen LogP contribution < -0.4 is 20.4 Å². The number of aromatic nitrogens is 3. The quantitative estimate of drug-likeness (QED) is 0.449. The van der Waals surface area contributed by atoms with Crippen LogP contribution in [-0.2, 0) is 16.9 Å². The van der Waals surface area contributed by atoms with Crippen LogP contribution >= 0.6 is 0 Å². The molecule has 2 aliphatic rings. The molecule has 0 radical (unpaired) electrons. The summed E-state index contributed by atoms with van der Waals surface area (Å²) in [6.45, 7) is 9.70. The molecule has 2 N–H and O–H groups in total. The standard InChI is InChI=1S/C27H31F3N8O5/c1-15-20(16(2)42-34-15)31-25(41)37-14-19-21(26(37,3)4)38(43-24(40)27(28,29)30)33-22(19)32-23(39)17-6-8-18(9-7-17)36-12-10-35(5)11-13-36/h6-9H,10-14H2,1-5H3,(H,31,41)(H,32,33,39). The number of benzene rings is 1. The number of anilines is 3. The molecule has 0 atom stereocenters. The van der Waals surface area contributed by atoms with E-state index in [4.69, 9.17) is 4.52 Å². The van der Waals surface area contributed by atoms with E-state index in [2.05, 4.69) is 42.6 Å². The first kappa shape index (κ1) is 29.9. The summed E-state index contributed by atoms with van der Waals surface area (Å²) in [5.74, 6) is -2.89. The lowest BCUT2D eigenvalue weighted by atomic mass is 10.0. The number of aryl methyl sites for hydroxylation is 2. The van der Waals surface area contributed by atoms with E-state index in [0.717, 1.165) is 31.9 Å². The smallest absolute Gasteiger partial charge is 0.369 e. The van der Waals surface area contributed by atoms with Gasteiger partial charge in [0, 0.05) is 43.0 Å². The number of piperazine rings is 1. The van der Waals surface area contributed by atoms with Gasteiger partial charge in [0.2, 0.25) is 0 Å². The number of alkyl halides is 3. The van der Waals surface area contributed by atoms with Gasteiger partial charge in [-0.15, -0.1) is 5.10 Å².